The van der Waals surface area contributed by atoms with Crippen LogP contribution in [0.3, 0.4) is 0 Å². The molecule has 2 aromatic carbocycles. The summed E-state index contributed by atoms with van der Waals surface area (Å²) in [5.74, 6) is -9.57. The van der Waals surface area contributed by atoms with E-state index in [9.17, 15) is 79.2 Å². The zero-order valence-corrected chi connectivity index (χ0v) is 48.4. The number of nitrogens with zero attached hydrogens (tertiary/aromatic N) is 2. The van der Waals surface area contributed by atoms with Gasteiger partial charge in [-0.15, -0.1) is 0 Å². The number of phenolic OH excluding ortho intramolecular Hbond substituents is 1. The Labute approximate surface area is 483 Å². The van der Waals surface area contributed by atoms with Gasteiger partial charge in [0.15, 0.2) is 5.78 Å². The number of amides is 7. The van der Waals surface area contributed by atoms with Crippen molar-refractivity contribution in [2.24, 2.45) is 23.5 Å². The number of thioether (sulfide) groups is 1. The molecule has 14 N–H and O–H groups in total. The Morgan fingerprint density at radius 1 is 0.756 bits per heavy atom. The number of benzene rings is 2. The third-order valence-electron chi connectivity index (χ3n) is 15.9. The van der Waals surface area contributed by atoms with E-state index < -0.39 is 164 Å². The van der Waals surface area contributed by atoms with Crippen molar-refractivity contribution < 1.29 is 79.2 Å². The second kappa shape index (κ2) is 31.8. The van der Waals surface area contributed by atoms with Crippen molar-refractivity contribution >= 4 is 58.9 Å². The number of hydrogen-bond donors (Lipinski definition) is 13. The fourth-order valence-corrected chi connectivity index (χ4v) is 12.0. The summed E-state index contributed by atoms with van der Waals surface area (Å²) in [5, 5.41) is 99.1. The summed E-state index contributed by atoms with van der Waals surface area (Å²) in [4.78, 5) is 116. The third-order valence-corrected chi connectivity index (χ3v) is 17.1. The second-order valence-corrected chi connectivity index (χ2v) is 24.0. The molecule has 23 nitrogen and oxygen atoms in total. The van der Waals surface area contributed by atoms with Gasteiger partial charge in [0.2, 0.25) is 41.4 Å². The number of rotatable bonds is 22. The second-order valence-electron chi connectivity index (χ2n) is 22.8. The van der Waals surface area contributed by atoms with Crippen LogP contribution in [0, 0.1) is 24.7 Å². The van der Waals surface area contributed by atoms with Crippen LogP contribution in [-0.2, 0) is 38.4 Å². The van der Waals surface area contributed by atoms with Gasteiger partial charge < -0.3 is 77.7 Å². The van der Waals surface area contributed by atoms with Gasteiger partial charge in [-0.1, -0.05) is 107 Å². The number of unbranched alkanes of at least 4 members (excludes halogenated alkanes) is 5. The standard InChI is InChI=1S/C58H87N7O16S/c1-6-31(2)25-33(4)13-11-9-7-8-10-12-14-47(74)60-40-28-45(72)56(82-38-21-15-32(3)16-22-38)63-55(79)50-42(69)23-24-64(50)58(81)49(44(71)29-46(59)73)62-53(77)39(52(76)51(75)35-17-19-36(67)20-18-35)27-43(70)41-26-37(68)30-65(41)57(80)48(34(5)66)61-54(40)78/h15-22,31,33-34,37,39-42,44-45,48-52,56,66-69,71-72,75-76H,6-14,23-30H2,1-5H3,(H2,59,73)(H,60,74)(H,61,78)(H,62,77)(H,63,79)/t31?,33?,34-,37-,39+,40+,41+,42+,44-,45-,48+,49+,50+,51+,52+,56-/m1/s1. The Balaban J connectivity index is 1.54. The monoisotopic (exact) mass is 1170 g/mol. The van der Waals surface area contributed by atoms with Crippen LogP contribution in [0.4, 0.5) is 0 Å². The molecule has 0 saturated carbocycles. The predicted octanol–water partition coefficient (Wildman–Crippen LogP) is 0.858. The first kappa shape index (κ1) is 67.1. The highest BCUT2D eigenvalue weighted by molar-refractivity contribution is 8.00. The van der Waals surface area contributed by atoms with Crippen LogP contribution < -0.4 is 27.0 Å². The maximum absolute atomic E-state index is 14.8. The summed E-state index contributed by atoms with van der Waals surface area (Å²) in [6.45, 7) is 8.83. The number of ketones is 1. The number of phenols is 1. The molecule has 0 aliphatic carbocycles. The van der Waals surface area contributed by atoms with Crippen molar-refractivity contribution in [1.82, 2.24) is 31.1 Å². The van der Waals surface area contributed by atoms with E-state index in [-0.39, 0.29) is 30.7 Å². The highest BCUT2D eigenvalue weighted by Gasteiger charge is 2.49. The van der Waals surface area contributed by atoms with Crippen LogP contribution in [-0.4, -0.2) is 183 Å². The molecule has 5 rings (SSSR count). The lowest BCUT2D eigenvalue weighted by Gasteiger charge is -2.34. The lowest BCUT2D eigenvalue weighted by molar-refractivity contribution is -0.149. The molecule has 3 aliphatic heterocycles. The normalized spacial score (nSPS) is 27.6. The zero-order chi connectivity index (χ0) is 60.5. The molecule has 456 valence electrons. The average Bonchev–Trinajstić information content (AvgIpc) is 4.21. The van der Waals surface area contributed by atoms with E-state index >= 15 is 0 Å². The molecule has 82 heavy (non-hydrogen) atoms. The Hall–Kier alpha value is -5.73. The molecular formula is C58H87N7O16S. The Morgan fingerprint density at radius 2 is 1.38 bits per heavy atom. The minimum absolute atomic E-state index is 0.0318. The molecule has 2 aromatic rings. The van der Waals surface area contributed by atoms with E-state index in [1.807, 2.05) is 6.92 Å². The van der Waals surface area contributed by atoms with Gasteiger partial charge >= 0.3 is 0 Å². The lowest BCUT2D eigenvalue weighted by atomic mass is 9.86. The topological polar surface area (TPSA) is 379 Å². The van der Waals surface area contributed by atoms with Crippen LogP contribution in [0.2, 0.25) is 0 Å². The van der Waals surface area contributed by atoms with Gasteiger partial charge in [0.1, 0.15) is 41.4 Å². The fourth-order valence-electron chi connectivity index (χ4n) is 10.9. The van der Waals surface area contributed by atoms with Gasteiger partial charge in [-0.25, -0.2) is 0 Å². The van der Waals surface area contributed by atoms with E-state index in [4.69, 9.17) is 5.73 Å². The largest absolute Gasteiger partial charge is 0.508 e. The first-order valence-corrected chi connectivity index (χ1v) is 29.6. The number of hydrogen-bond acceptors (Lipinski definition) is 17. The van der Waals surface area contributed by atoms with Gasteiger partial charge in [0.05, 0.1) is 55.0 Å². The quantitative estimate of drug-likeness (QED) is 0.0727. The summed E-state index contributed by atoms with van der Waals surface area (Å²) in [6.07, 6.45) is -7.55. The fraction of sp³-hybridized carbons (Fsp3) is 0.655. The highest BCUT2D eigenvalue weighted by atomic mass is 32.2. The van der Waals surface area contributed by atoms with Crippen molar-refractivity contribution in [2.45, 2.75) is 214 Å². The third kappa shape index (κ3) is 19.2. The summed E-state index contributed by atoms with van der Waals surface area (Å²) in [5.41, 5.74) is 6.24. The summed E-state index contributed by atoms with van der Waals surface area (Å²) in [7, 11) is 0. The van der Waals surface area contributed by atoms with Crippen LogP contribution >= 0.6 is 11.8 Å². The van der Waals surface area contributed by atoms with Crippen LogP contribution in [0.15, 0.2) is 53.4 Å². The molecule has 2 unspecified atom stereocenters. The molecule has 3 heterocycles. The maximum atomic E-state index is 14.8. The van der Waals surface area contributed by atoms with Gasteiger partial charge in [-0.05, 0) is 74.8 Å². The SMILES string of the molecule is CCC(C)CC(C)CCCCCCCCC(=O)N[C@H]1C[C@@H](O)[C@@H](Sc2ccc(C)cc2)NC(=O)[C@@H]2[C@@H](O)CCN2C(=O)[C@H]([C@H](O)CC(N)=O)NC(=O)[C@H]([C@H](O)[C@@H](O)c2ccc(O)cc2)CC(=O)[C@@H]2C[C@@H](O)CN2C(=O)[C@H]([C@@H](C)O)NC1=O. The summed E-state index contributed by atoms with van der Waals surface area (Å²) < 4.78 is 0. The molecule has 3 saturated heterocycles. The minimum atomic E-state index is -2.24. The molecule has 24 heteroatoms. The van der Waals surface area contributed by atoms with Gasteiger partial charge in [-0.3, -0.25) is 38.4 Å². The summed E-state index contributed by atoms with van der Waals surface area (Å²) >= 11 is 0.915. The number of nitrogens with two attached hydrogens (primary N) is 1. The Bertz CT molecular complexity index is 2470. The molecule has 3 fully saturated rings. The van der Waals surface area contributed by atoms with Gasteiger partial charge in [-0.2, -0.15) is 0 Å². The van der Waals surface area contributed by atoms with Crippen molar-refractivity contribution in [3.63, 3.8) is 0 Å². The van der Waals surface area contributed by atoms with Crippen LogP contribution in [0.5, 0.6) is 5.75 Å². The van der Waals surface area contributed by atoms with Crippen molar-refractivity contribution in [2.75, 3.05) is 13.1 Å². The number of carbonyl (C=O) groups is 8. The van der Waals surface area contributed by atoms with Crippen molar-refractivity contribution in [3.05, 3.63) is 59.7 Å². The van der Waals surface area contributed by atoms with E-state index in [1.165, 1.54) is 37.6 Å². The Morgan fingerprint density at radius 3 is 2.01 bits per heavy atom. The number of primary amides is 1. The number of aryl methyl sites for hydroxylation is 1. The number of aliphatic hydroxyl groups excluding tert-OH is 7. The van der Waals surface area contributed by atoms with E-state index in [0.29, 0.717) is 29.6 Å². The van der Waals surface area contributed by atoms with E-state index in [2.05, 4.69) is 42.0 Å². The minimum Gasteiger partial charge on any atom is -0.508 e. The number of carbonyl (C=O) groups excluding carboxylic acids is 8. The van der Waals surface area contributed by atoms with E-state index in [1.54, 1.807) is 24.3 Å². The molecular weight excluding hydrogens is 1080 g/mol. The molecule has 16 atom stereocenters. The molecule has 0 radical (unpaired) electrons. The molecule has 0 spiro atoms. The summed E-state index contributed by atoms with van der Waals surface area (Å²) in [6, 6.07) is 2.50. The van der Waals surface area contributed by atoms with Gasteiger partial charge in [0.25, 0.3) is 0 Å². The number of aromatic hydroxyl groups is 1. The van der Waals surface area contributed by atoms with Crippen LogP contribution in [0.1, 0.15) is 141 Å². The first-order valence-electron chi connectivity index (χ1n) is 28.7. The van der Waals surface area contributed by atoms with Crippen LogP contribution in [0.25, 0.3) is 0 Å². The highest BCUT2D eigenvalue weighted by Crippen LogP contribution is 2.32. The number of nitrogens with one attached hydrogen (secondary N) is 4. The van der Waals surface area contributed by atoms with Crippen molar-refractivity contribution in [3.8, 4) is 5.75 Å². The molecule has 0 bridgehead atoms. The predicted molar refractivity (Wildman–Crippen MR) is 301 cm³/mol. The molecule has 3 aliphatic rings. The molecule has 7 amide bonds. The lowest BCUT2D eigenvalue weighted by Crippen LogP contribution is -2.61. The Kier molecular flexibility index (Phi) is 26.0. The van der Waals surface area contributed by atoms with Gasteiger partial charge in [0, 0.05) is 43.7 Å². The number of fused-ring (bicyclic) bond motifs is 2. The number of Topliss-reactive ketones (excluding diaryl/α,β-unsaturated/α-hetero) is 1. The zero-order valence-electron chi connectivity index (χ0n) is 47.6. The average molecular weight is 1170 g/mol. The molecule has 0 aromatic heterocycles. The first-order chi connectivity index (χ1) is 38.8. The smallest absolute Gasteiger partial charge is 0.248 e. The number of aliphatic hydroxyl groups is 7. The van der Waals surface area contributed by atoms with Crippen molar-refractivity contribution in [1.29, 1.82) is 0 Å². The van der Waals surface area contributed by atoms with E-state index in [0.717, 1.165) is 65.7 Å². The maximum Gasteiger partial charge on any atom is 0.248 e.